The van der Waals surface area contributed by atoms with Crippen molar-refractivity contribution in [3.05, 3.63) is 59.9 Å². The molecule has 0 aromatic heterocycles. The van der Waals surface area contributed by atoms with E-state index in [1.807, 2.05) is 0 Å². The van der Waals surface area contributed by atoms with E-state index in [1.165, 1.54) is 37.7 Å². The predicted octanol–water partition coefficient (Wildman–Crippen LogP) is 5.46. The molecule has 0 heterocycles. The third kappa shape index (κ3) is 3.33. The summed E-state index contributed by atoms with van der Waals surface area (Å²) in [6.45, 7) is 6.52. The first-order chi connectivity index (χ1) is 9.77. The van der Waals surface area contributed by atoms with Gasteiger partial charge in [0.2, 0.25) is 0 Å². The zero-order valence-electron chi connectivity index (χ0n) is 12.8. The molecule has 0 saturated carbocycles. The molecule has 0 saturated heterocycles. The SMILES string of the molecule is C=C1C(OC)=C[C@H](CCCCCC)[C@H]1c1ccccc1. The Morgan fingerprint density at radius 2 is 1.85 bits per heavy atom. The predicted molar refractivity (Wildman–Crippen MR) is 85.7 cm³/mol. The van der Waals surface area contributed by atoms with Gasteiger partial charge in [0.15, 0.2) is 0 Å². The first kappa shape index (κ1) is 14.9. The third-order valence-corrected chi connectivity index (χ3v) is 4.26. The molecule has 2 rings (SSSR count). The Bertz CT molecular complexity index is 458. The van der Waals surface area contributed by atoms with Gasteiger partial charge in [0.25, 0.3) is 0 Å². The van der Waals surface area contributed by atoms with Crippen LogP contribution in [-0.2, 0) is 4.74 Å². The molecule has 0 radical (unpaired) electrons. The lowest BCUT2D eigenvalue weighted by molar-refractivity contribution is 0.302. The summed E-state index contributed by atoms with van der Waals surface area (Å²) in [6.07, 6.45) is 8.76. The number of unbranched alkanes of at least 4 members (excludes halogenated alkanes) is 3. The molecule has 1 heteroatoms. The van der Waals surface area contributed by atoms with Crippen LogP contribution in [0, 0.1) is 5.92 Å². The van der Waals surface area contributed by atoms with E-state index in [-0.39, 0.29) is 0 Å². The summed E-state index contributed by atoms with van der Waals surface area (Å²) < 4.78 is 5.49. The number of rotatable bonds is 7. The zero-order chi connectivity index (χ0) is 14.4. The highest BCUT2D eigenvalue weighted by Gasteiger charge is 2.32. The van der Waals surface area contributed by atoms with Crippen molar-refractivity contribution in [2.45, 2.75) is 44.9 Å². The standard InChI is InChI=1S/C19H26O/c1-4-5-6-8-13-17-14-18(20-3)15(2)19(17)16-11-9-7-10-12-16/h7,9-12,14,17,19H,2,4-6,8,13H2,1,3H3/t17-,19+/m0/s1. The minimum Gasteiger partial charge on any atom is -0.497 e. The van der Waals surface area contributed by atoms with Gasteiger partial charge in [-0.1, -0.05) is 69.5 Å². The number of ether oxygens (including phenoxy) is 1. The summed E-state index contributed by atoms with van der Waals surface area (Å²) in [7, 11) is 1.75. The second-order valence-corrected chi connectivity index (χ2v) is 5.66. The van der Waals surface area contributed by atoms with Crippen LogP contribution >= 0.6 is 0 Å². The normalized spacial score (nSPS) is 21.9. The summed E-state index contributed by atoms with van der Waals surface area (Å²) in [5.41, 5.74) is 2.50. The maximum absolute atomic E-state index is 5.49. The summed E-state index contributed by atoms with van der Waals surface area (Å²) in [5.74, 6) is 1.92. The van der Waals surface area contributed by atoms with Crippen molar-refractivity contribution >= 4 is 0 Å². The number of allylic oxidation sites excluding steroid dienone is 2. The molecular formula is C19H26O. The Morgan fingerprint density at radius 3 is 2.50 bits per heavy atom. The molecule has 1 aromatic carbocycles. The van der Waals surface area contributed by atoms with E-state index in [0.29, 0.717) is 11.8 Å². The molecule has 1 aliphatic carbocycles. The van der Waals surface area contributed by atoms with Crippen molar-refractivity contribution in [3.63, 3.8) is 0 Å². The zero-order valence-corrected chi connectivity index (χ0v) is 12.8. The Hall–Kier alpha value is -1.50. The molecule has 0 aliphatic heterocycles. The molecule has 0 N–H and O–H groups in total. The Morgan fingerprint density at radius 1 is 1.10 bits per heavy atom. The fourth-order valence-corrected chi connectivity index (χ4v) is 3.17. The van der Waals surface area contributed by atoms with Gasteiger partial charge in [-0.3, -0.25) is 0 Å². The first-order valence-corrected chi connectivity index (χ1v) is 7.77. The van der Waals surface area contributed by atoms with E-state index in [9.17, 15) is 0 Å². The van der Waals surface area contributed by atoms with Crippen LogP contribution in [0.1, 0.15) is 50.5 Å². The van der Waals surface area contributed by atoms with Crippen molar-refractivity contribution in [1.29, 1.82) is 0 Å². The second kappa shape index (κ2) is 7.33. The molecule has 1 nitrogen and oxygen atoms in total. The van der Waals surface area contributed by atoms with Crippen LogP contribution in [0.3, 0.4) is 0 Å². The van der Waals surface area contributed by atoms with E-state index in [4.69, 9.17) is 4.74 Å². The van der Waals surface area contributed by atoms with Crippen molar-refractivity contribution < 1.29 is 4.74 Å². The number of methoxy groups -OCH3 is 1. The van der Waals surface area contributed by atoms with Gasteiger partial charge < -0.3 is 4.74 Å². The van der Waals surface area contributed by atoms with Crippen molar-refractivity contribution in [2.24, 2.45) is 5.92 Å². The van der Waals surface area contributed by atoms with E-state index in [2.05, 4.69) is 49.9 Å². The van der Waals surface area contributed by atoms with Gasteiger partial charge in [-0.15, -0.1) is 0 Å². The molecule has 0 amide bonds. The smallest absolute Gasteiger partial charge is 0.118 e. The van der Waals surface area contributed by atoms with Gasteiger partial charge >= 0.3 is 0 Å². The number of hydrogen-bond acceptors (Lipinski definition) is 1. The van der Waals surface area contributed by atoms with Crippen LogP contribution in [-0.4, -0.2) is 7.11 Å². The summed E-state index contributed by atoms with van der Waals surface area (Å²) in [6, 6.07) is 10.7. The van der Waals surface area contributed by atoms with Crippen molar-refractivity contribution in [1.82, 2.24) is 0 Å². The molecule has 1 aromatic rings. The molecule has 1 aliphatic rings. The van der Waals surface area contributed by atoms with E-state index in [0.717, 1.165) is 11.3 Å². The Balaban J connectivity index is 2.09. The number of benzene rings is 1. The van der Waals surface area contributed by atoms with Crippen LogP contribution in [0.25, 0.3) is 0 Å². The molecule has 108 valence electrons. The minimum atomic E-state index is 0.396. The largest absolute Gasteiger partial charge is 0.497 e. The topological polar surface area (TPSA) is 9.23 Å². The quantitative estimate of drug-likeness (QED) is 0.598. The third-order valence-electron chi connectivity index (χ3n) is 4.26. The first-order valence-electron chi connectivity index (χ1n) is 7.77. The molecular weight excluding hydrogens is 244 g/mol. The van der Waals surface area contributed by atoms with E-state index in [1.54, 1.807) is 7.11 Å². The maximum Gasteiger partial charge on any atom is 0.118 e. The Labute approximate surface area is 123 Å². The van der Waals surface area contributed by atoms with E-state index >= 15 is 0 Å². The van der Waals surface area contributed by atoms with Crippen LogP contribution in [0.4, 0.5) is 0 Å². The second-order valence-electron chi connectivity index (χ2n) is 5.66. The molecule has 0 fully saturated rings. The highest BCUT2D eigenvalue weighted by Crippen LogP contribution is 2.44. The Kier molecular flexibility index (Phi) is 5.46. The van der Waals surface area contributed by atoms with Crippen molar-refractivity contribution in [2.75, 3.05) is 7.11 Å². The van der Waals surface area contributed by atoms with Crippen molar-refractivity contribution in [3.8, 4) is 0 Å². The molecule has 0 bridgehead atoms. The van der Waals surface area contributed by atoms with Gasteiger partial charge in [0.05, 0.1) is 7.11 Å². The van der Waals surface area contributed by atoms with Gasteiger partial charge in [-0.2, -0.15) is 0 Å². The number of hydrogen-bond donors (Lipinski definition) is 0. The fraction of sp³-hybridized carbons (Fsp3) is 0.474. The van der Waals surface area contributed by atoms with Gasteiger partial charge in [-0.05, 0) is 29.6 Å². The van der Waals surface area contributed by atoms with Gasteiger partial charge in [0.1, 0.15) is 5.76 Å². The lowest BCUT2D eigenvalue weighted by Gasteiger charge is -2.21. The average Bonchev–Trinajstić information content (AvgIpc) is 2.80. The summed E-state index contributed by atoms with van der Waals surface area (Å²) in [5, 5.41) is 0. The summed E-state index contributed by atoms with van der Waals surface area (Å²) in [4.78, 5) is 0. The highest BCUT2D eigenvalue weighted by atomic mass is 16.5. The van der Waals surface area contributed by atoms with Gasteiger partial charge in [0, 0.05) is 5.92 Å². The minimum absolute atomic E-state index is 0.396. The molecule has 2 atom stereocenters. The highest BCUT2D eigenvalue weighted by molar-refractivity contribution is 5.43. The van der Waals surface area contributed by atoms with Crippen LogP contribution in [0.5, 0.6) is 0 Å². The summed E-state index contributed by atoms with van der Waals surface area (Å²) >= 11 is 0. The molecule has 0 spiro atoms. The molecule has 0 unspecified atom stereocenters. The van der Waals surface area contributed by atoms with Crippen LogP contribution < -0.4 is 0 Å². The van der Waals surface area contributed by atoms with Crippen LogP contribution in [0.15, 0.2) is 54.3 Å². The lowest BCUT2D eigenvalue weighted by Crippen LogP contribution is -2.08. The fourth-order valence-electron chi connectivity index (χ4n) is 3.17. The van der Waals surface area contributed by atoms with Gasteiger partial charge in [-0.25, -0.2) is 0 Å². The monoisotopic (exact) mass is 270 g/mol. The molecule has 20 heavy (non-hydrogen) atoms. The lowest BCUT2D eigenvalue weighted by atomic mass is 9.83. The van der Waals surface area contributed by atoms with E-state index < -0.39 is 0 Å². The average molecular weight is 270 g/mol. The van der Waals surface area contributed by atoms with Crippen LogP contribution in [0.2, 0.25) is 0 Å². The maximum atomic E-state index is 5.49.